The lowest BCUT2D eigenvalue weighted by atomic mass is 10.4. The van der Waals surface area contributed by atoms with Crippen molar-refractivity contribution >= 4 is 45.2 Å². The Morgan fingerprint density at radius 1 is 1.50 bits per heavy atom. The molecule has 0 aliphatic heterocycles. The highest BCUT2D eigenvalue weighted by Crippen LogP contribution is 2.20. The summed E-state index contributed by atoms with van der Waals surface area (Å²) in [6.45, 7) is 0.0942. The predicted molar refractivity (Wildman–Crippen MR) is 76.1 cm³/mol. The summed E-state index contributed by atoms with van der Waals surface area (Å²) in [6, 6.07) is 1.70. The molecular formula is C11H11N3O4S2. The maximum atomic E-state index is 12.3. The number of hydrogen-bond acceptors (Lipinski definition) is 6. The van der Waals surface area contributed by atoms with Gasteiger partial charge in [-0.05, 0) is 11.4 Å². The first-order valence-corrected chi connectivity index (χ1v) is 7.46. The van der Waals surface area contributed by atoms with Gasteiger partial charge >= 0.3 is 5.97 Å². The van der Waals surface area contributed by atoms with E-state index in [0.717, 1.165) is 11.8 Å². The minimum absolute atomic E-state index is 0.000893. The average molecular weight is 313 g/mol. The number of carboxylic acids is 1. The first-order valence-electron chi connectivity index (χ1n) is 5.60. The Bertz CT molecular complexity index is 722. The molecule has 106 valence electrons. The van der Waals surface area contributed by atoms with Gasteiger partial charge in [0.25, 0.3) is 5.56 Å². The maximum absolute atomic E-state index is 12.3. The highest BCUT2D eigenvalue weighted by Gasteiger charge is 2.14. The van der Waals surface area contributed by atoms with Crippen molar-refractivity contribution in [3.8, 4) is 0 Å². The van der Waals surface area contributed by atoms with Crippen LogP contribution < -0.4 is 11.3 Å². The van der Waals surface area contributed by atoms with E-state index >= 15 is 0 Å². The SMILES string of the molecule is NC(=O)CCn1c(SCC(=O)O)nc2ccsc2c1=O. The van der Waals surface area contributed by atoms with Crippen LogP contribution in [0.1, 0.15) is 6.42 Å². The molecule has 2 aromatic heterocycles. The highest BCUT2D eigenvalue weighted by atomic mass is 32.2. The van der Waals surface area contributed by atoms with E-state index in [1.807, 2.05) is 0 Å². The molecule has 0 aliphatic rings. The third-order valence-electron chi connectivity index (χ3n) is 2.44. The van der Waals surface area contributed by atoms with Crippen molar-refractivity contribution in [1.29, 1.82) is 0 Å². The van der Waals surface area contributed by atoms with Crippen LogP contribution in [-0.4, -0.2) is 32.3 Å². The molecule has 2 heterocycles. The standard InChI is InChI=1S/C11H11N3O4S2/c12-7(15)1-3-14-10(18)9-6(2-4-19-9)13-11(14)20-5-8(16)17/h2,4H,1,3,5H2,(H2,12,15)(H,16,17). The van der Waals surface area contributed by atoms with Crippen LogP contribution in [0.5, 0.6) is 0 Å². The summed E-state index contributed by atoms with van der Waals surface area (Å²) in [6.07, 6.45) is -0.000893. The normalized spacial score (nSPS) is 10.8. The topological polar surface area (TPSA) is 115 Å². The van der Waals surface area contributed by atoms with Crippen LogP contribution in [0.15, 0.2) is 21.4 Å². The molecule has 0 saturated carbocycles. The van der Waals surface area contributed by atoms with Gasteiger partial charge in [0.2, 0.25) is 5.91 Å². The zero-order valence-corrected chi connectivity index (χ0v) is 11.9. The number of carbonyl (C=O) groups is 2. The van der Waals surface area contributed by atoms with Gasteiger partial charge in [-0.25, -0.2) is 4.98 Å². The molecule has 0 bridgehead atoms. The molecule has 0 atom stereocenters. The molecule has 9 heteroatoms. The lowest BCUT2D eigenvalue weighted by Gasteiger charge is -2.10. The van der Waals surface area contributed by atoms with E-state index in [1.54, 1.807) is 11.4 Å². The molecule has 0 aromatic carbocycles. The van der Waals surface area contributed by atoms with Crippen LogP contribution in [0.4, 0.5) is 0 Å². The Morgan fingerprint density at radius 3 is 2.90 bits per heavy atom. The van der Waals surface area contributed by atoms with Gasteiger partial charge in [-0.15, -0.1) is 11.3 Å². The van der Waals surface area contributed by atoms with Gasteiger partial charge in [0.15, 0.2) is 5.16 Å². The van der Waals surface area contributed by atoms with Crippen molar-refractivity contribution in [2.24, 2.45) is 5.73 Å². The van der Waals surface area contributed by atoms with Gasteiger partial charge in [0.1, 0.15) is 4.70 Å². The molecule has 2 aromatic rings. The Hall–Kier alpha value is -1.87. The van der Waals surface area contributed by atoms with Gasteiger partial charge < -0.3 is 10.8 Å². The van der Waals surface area contributed by atoms with Crippen molar-refractivity contribution < 1.29 is 14.7 Å². The second-order valence-corrected chi connectivity index (χ2v) is 5.74. The van der Waals surface area contributed by atoms with E-state index in [4.69, 9.17) is 10.8 Å². The third-order valence-corrected chi connectivity index (χ3v) is 4.29. The van der Waals surface area contributed by atoms with Gasteiger partial charge in [-0.3, -0.25) is 19.0 Å². The smallest absolute Gasteiger partial charge is 0.313 e. The number of fused-ring (bicyclic) bond motifs is 1. The lowest BCUT2D eigenvalue weighted by molar-refractivity contribution is -0.134. The number of aliphatic carboxylic acids is 1. The van der Waals surface area contributed by atoms with Crippen LogP contribution >= 0.6 is 23.1 Å². The molecule has 0 radical (unpaired) electrons. The van der Waals surface area contributed by atoms with Crippen LogP contribution in [0.25, 0.3) is 10.2 Å². The first-order chi connectivity index (χ1) is 9.49. The van der Waals surface area contributed by atoms with E-state index < -0.39 is 11.9 Å². The maximum Gasteiger partial charge on any atom is 0.313 e. The largest absolute Gasteiger partial charge is 0.481 e. The van der Waals surface area contributed by atoms with Crippen molar-refractivity contribution in [2.75, 3.05) is 5.75 Å². The molecule has 0 saturated heterocycles. The second kappa shape index (κ2) is 6.06. The number of nitrogens with two attached hydrogens (primary N) is 1. The second-order valence-electron chi connectivity index (χ2n) is 3.88. The van der Waals surface area contributed by atoms with Gasteiger partial charge in [-0.1, -0.05) is 11.8 Å². The van der Waals surface area contributed by atoms with Crippen molar-refractivity contribution in [3.05, 3.63) is 21.8 Å². The molecule has 7 nitrogen and oxygen atoms in total. The first kappa shape index (κ1) is 14.5. The molecule has 0 aliphatic carbocycles. The number of nitrogens with zero attached hydrogens (tertiary/aromatic N) is 2. The molecule has 1 amide bonds. The summed E-state index contributed by atoms with van der Waals surface area (Å²) >= 11 is 2.20. The third kappa shape index (κ3) is 3.17. The average Bonchev–Trinajstić information content (AvgIpc) is 2.83. The van der Waals surface area contributed by atoms with Crippen LogP contribution in [0.3, 0.4) is 0 Å². The molecule has 0 unspecified atom stereocenters. The van der Waals surface area contributed by atoms with Crippen molar-refractivity contribution in [2.45, 2.75) is 18.1 Å². The van der Waals surface area contributed by atoms with Gasteiger partial charge in [0, 0.05) is 13.0 Å². The Morgan fingerprint density at radius 2 is 2.25 bits per heavy atom. The van der Waals surface area contributed by atoms with Gasteiger partial charge in [-0.2, -0.15) is 0 Å². The predicted octanol–water partition coefficient (Wildman–Crippen LogP) is 0.510. The Balaban J connectivity index is 2.44. The molecular weight excluding hydrogens is 302 g/mol. The number of carboxylic acid groups (broad SMARTS) is 1. The number of aromatic nitrogens is 2. The monoisotopic (exact) mass is 313 g/mol. The van der Waals surface area contributed by atoms with Crippen molar-refractivity contribution in [3.63, 3.8) is 0 Å². The van der Waals surface area contributed by atoms with Crippen LogP contribution in [-0.2, 0) is 16.1 Å². The Kier molecular flexibility index (Phi) is 4.40. The van der Waals surface area contributed by atoms with Crippen LogP contribution in [0.2, 0.25) is 0 Å². The van der Waals surface area contributed by atoms with E-state index in [9.17, 15) is 14.4 Å². The van der Waals surface area contributed by atoms with Crippen molar-refractivity contribution in [1.82, 2.24) is 9.55 Å². The fourth-order valence-electron chi connectivity index (χ4n) is 1.58. The Labute approximate surface area is 121 Å². The van der Waals surface area contributed by atoms with E-state index in [-0.39, 0.29) is 29.4 Å². The molecule has 20 heavy (non-hydrogen) atoms. The number of thioether (sulfide) groups is 1. The summed E-state index contributed by atoms with van der Waals surface area (Å²) in [5.41, 5.74) is 5.33. The zero-order valence-electron chi connectivity index (χ0n) is 10.2. The lowest BCUT2D eigenvalue weighted by Crippen LogP contribution is -2.25. The number of primary amides is 1. The van der Waals surface area contributed by atoms with Gasteiger partial charge in [0.05, 0.1) is 11.3 Å². The zero-order chi connectivity index (χ0) is 14.7. The number of thiophene rings is 1. The summed E-state index contributed by atoms with van der Waals surface area (Å²) in [4.78, 5) is 38.1. The number of hydrogen-bond donors (Lipinski definition) is 2. The number of rotatable bonds is 6. The van der Waals surface area contributed by atoms with Crippen LogP contribution in [0, 0.1) is 0 Å². The summed E-state index contributed by atoms with van der Waals surface area (Å²) in [5.74, 6) is -1.74. The fraction of sp³-hybridized carbons (Fsp3) is 0.273. The summed E-state index contributed by atoms with van der Waals surface area (Å²) in [5, 5.41) is 10.7. The fourth-order valence-corrected chi connectivity index (χ4v) is 3.10. The van der Waals surface area contributed by atoms with E-state index in [0.29, 0.717) is 10.2 Å². The molecule has 0 spiro atoms. The molecule has 3 N–H and O–H groups in total. The summed E-state index contributed by atoms with van der Waals surface area (Å²) < 4.78 is 1.78. The number of carbonyl (C=O) groups excluding carboxylic acids is 1. The van der Waals surface area contributed by atoms with E-state index in [1.165, 1.54) is 15.9 Å². The number of amides is 1. The molecule has 2 rings (SSSR count). The highest BCUT2D eigenvalue weighted by molar-refractivity contribution is 7.99. The minimum atomic E-state index is -1.00. The minimum Gasteiger partial charge on any atom is -0.481 e. The quantitative estimate of drug-likeness (QED) is 0.593. The summed E-state index contributed by atoms with van der Waals surface area (Å²) in [7, 11) is 0. The molecule has 0 fully saturated rings. The van der Waals surface area contributed by atoms with E-state index in [2.05, 4.69) is 4.98 Å².